The molecule has 2 rings (SSSR count). The topological polar surface area (TPSA) is 53.1 Å². The number of rotatable bonds is 5. The summed E-state index contributed by atoms with van der Waals surface area (Å²) in [7, 11) is 1.93. The van der Waals surface area contributed by atoms with Gasteiger partial charge >= 0.3 is 0 Å². The zero-order valence-electron chi connectivity index (χ0n) is 11.6. The van der Waals surface area contributed by atoms with E-state index in [2.05, 4.69) is 12.0 Å². The number of nitrogens with two attached hydrogens (primary N) is 1. The third kappa shape index (κ3) is 3.12. The van der Waals surface area contributed by atoms with E-state index in [0.717, 1.165) is 24.5 Å². The summed E-state index contributed by atoms with van der Waals surface area (Å²) in [6.07, 6.45) is 7.90. The van der Waals surface area contributed by atoms with Gasteiger partial charge in [-0.05, 0) is 37.7 Å². The number of hydrogen-bond acceptors (Lipinski definition) is 3. The van der Waals surface area contributed by atoms with Crippen molar-refractivity contribution in [3.05, 3.63) is 18.0 Å². The van der Waals surface area contributed by atoms with Crippen LogP contribution in [0.2, 0.25) is 0 Å². The van der Waals surface area contributed by atoms with Crippen molar-refractivity contribution in [1.82, 2.24) is 9.78 Å². The molecule has 0 saturated heterocycles. The second kappa shape index (κ2) is 5.85. The zero-order valence-corrected chi connectivity index (χ0v) is 11.6. The quantitative estimate of drug-likeness (QED) is 0.873. The Morgan fingerprint density at radius 2 is 2.22 bits per heavy atom. The second-order valence-electron chi connectivity index (χ2n) is 5.51. The van der Waals surface area contributed by atoms with E-state index in [1.807, 2.05) is 24.0 Å². The molecule has 1 aliphatic carbocycles. The van der Waals surface area contributed by atoms with Crippen LogP contribution in [0.3, 0.4) is 0 Å². The minimum Gasteiger partial charge on any atom is -0.367 e. The van der Waals surface area contributed by atoms with E-state index in [4.69, 9.17) is 10.5 Å². The van der Waals surface area contributed by atoms with Crippen LogP contribution in [0.25, 0.3) is 0 Å². The van der Waals surface area contributed by atoms with Gasteiger partial charge in [-0.25, -0.2) is 0 Å². The van der Waals surface area contributed by atoms with Crippen molar-refractivity contribution in [3.8, 4) is 0 Å². The fourth-order valence-electron chi connectivity index (χ4n) is 2.79. The first-order valence-corrected chi connectivity index (χ1v) is 7.00. The number of aromatic nitrogens is 2. The highest BCUT2D eigenvalue weighted by Crippen LogP contribution is 2.36. The van der Waals surface area contributed by atoms with Crippen molar-refractivity contribution in [2.24, 2.45) is 18.7 Å². The Kier molecular flexibility index (Phi) is 4.40. The number of aryl methyl sites for hydroxylation is 1. The van der Waals surface area contributed by atoms with Gasteiger partial charge in [0.05, 0.1) is 17.9 Å². The molecule has 1 saturated carbocycles. The highest BCUT2D eigenvalue weighted by atomic mass is 16.5. The minimum atomic E-state index is -0.108. The molecule has 0 amide bonds. The largest absolute Gasteiger partial charge is 0.367 e. The number of nitrogens with zero attached hydrogens (tertiary/aromatic N) is 2. The van der Waals surface area contributed by atoms with Crippen molar-refractivity contribution >= 4 is 0 Å². The lowest BCUT2D eigenvalue weighted by atomic mass is 9.77. The third-order valence-corrected chi connectivity index (χ3v) is 4.26. The maximum absolute atomic E-state index is 6.11. The van der Waals surface area contributed by atoms with Crippen molar-refractivity contribution in [3.63, 3.8) is 0 Å². The van der Waals surface area contributed by atoms with Crippen LogP contribution in [-0.4, -0.2) is 21.9 Å². The molecule has 0 radical (unpaired) electrons. The maximum atomic E-state index is 6.11. The smallest absolute Gasteiger partial charge is 0.0914 e. The van der Waals surface area contributed by atoms with Crippen molar-refractivity contribution in [1.29, 1.82) is 0 Å². The lowest BCUT2D eigenvalue weighted by molar-refractivity contribution is -0.0824. The molecular weight excluding hydrogens is 226 g/mol. The van der Waals surface area contributed by atoms with E-state index in [0.29, 0.717) is 13.2 Å². The molecule has 1 aliphatic rings. The molecular formula is C14H25N3O. The Bertz CT molecular complexity index is 367. The number of hydrogen-bond donors (Lipinski definition) is 1. The Morgan fingerprint density at radius 3 is 2.72 bits per heavy atom. The van der Waals surface area contributed by atoms with E-state index in [-0.39, 0.29) is 5.60 Å². The Balaban J connectivity index is 1.89. The fourth-order valence-corrected chi connectivity index (χ4v) is 2.79. The predicted molar refractivity (Wildman–Crippen MR) is 72.0 cm³/mol. The van der Waals surface area contributed by atoms with Gasteiger partial charge in [0.1, 0.15) is 0 Å². The summed E-state index contributed by atoms with van der Waals surface area (Å²) < 4.78 is 7.92. The van der Waals surface area contributed by atoms with Gasteiger partial charge in [0.25, 0.3) is 0 Å². The fraction of sp³-hybridized carbons (Fsp3) is 0.786. The SMILES string of the molecule is CCC1CCC(CN)(OCc2ccn(C)n2)CC1. The molecule has 0 bridgehead atoms. The van der Waals surface area contributed by atoms with Crippen LogP contribution in [0, 0.1) is 5.92 Å². The maximum Gasteiger partial charge on any atom is 0.0914 e. The molecule has 1 aromatic heterocycles. The predicted octanol–water partition coefficient (Wildman–Crippen LogP) is 2.23. The van der Waals surface area contributed by atoms with Gasteiger partial charge in [0.15, 0.2) is 0 Å². The van der Waals surface area contributed by atoms with Crippen LogP contribution in [0.1, 0.15) is 44.7 Å². The summed E-state index contributed by atoms with van der Waals surface area (Å²) in [6, 6.07) is 2.00. The first-order chi connectivity index (χ1) is 8.67. The summed E-state index contributed by atoms with van der Waals surface area (Å²) in [5.74, 6) is 0.864. The lowest BCUT2D eigenvalue weighted by Gasteiger charge is -2.39. The lowest BCUT2D eigenvalue weighted by Crippen LogP contribution is -2.43. The molecule has 102 valence electrons. The average Bonchev–Trinajstić information content (AvgIpc) is 2.83. The first kappa shape index (κ1) is 13.6. The normalized spacial score (nSPS) is 28.5. The monoisotopic (exact) mass is 251 g/mol. The molecule has 4 heteroatoms. The van der Waals surface area contributed by atoms with Gasteiger partial charge in [-0.15, -0.1) is 0 Å². The molecule has 4 nitrogen and oxygen atoms in total. The van der Waals surface area contributed by atoms with Gasteiger partial charge in [-0.1, -0.05) is 13.3 Å². The van der Waals surface area contributed by atoms with Crippen molar-refractivity contribution < 1.29 is 4.74 Å². The Hall–Kier alpha value is -0.870. The van der Waals surface area contributed by atoms with Crippen LogP contribution in [0.5, 0.6) is 0 Å². The minimum absolute atomic E-state index is 0.108. The van der Waals surface area contributed by atoms with Crippen LogP contribution in [0.4, 0.5) is 0 Å². The van der Waals surface area contributed by atoms with E-state index in [1.165, 1.54) is 19.3 Å². The van der Waals surface area contributed by atoms with E-state index < -0.39 is 0 Å². The third-order valence-electron chi connectivity index (χ3n) is 4.26. The van der Waals surface area contributed by atoms with Crippen molar-refractivity contribution in [2.45, 2.75) is 51.2 Å². The van der Waals surface area contributed by atoms with E-state index in [1.54, 1.807) is 0 Å². The molecule has 0 atom stereocenters. The van der Waals surface area contributed by atoms with Crippen LogP contribution >= 0.6 is 0 Å². The van der Waals surface area contributed by atoms with Gasteiger partial charge < -0.3 is 10.5 Å². The molecule has 0 aliphatic heterocycles. The standard InChI is InChI=1S/C14H25N3O/c1-3-12-4-7-14(11-15,8-5-12)18-10-13-6-9-17(2)16-13/h6,9,12H,3-5,7-8,10-11,15H2,1-2H3. The summed E-state index contributed by atoms with van der Waals surface area (Å²) in [5, 5.41) is 4.34. The first-order valence-electron chi connectivity index (χ1n) is 7.00. The summed E-state index contributed by atoms with van der Waals surface area (Å²) >= 11 is 0. The van der Waals surface area contributed by atoms with Gasteiger partial charge in [0, 0.05) is 19.8 Å². The second-order valence-corrected chi connectivity index (χ2v) is 5.51. The molecule has 1 fully saturated rings. The molecule has 0 spiro atoms. The highest BCUT2D eigenvalue weighted by molar-refractivity contribution is 4.98. The van der Waals surface area contributed by atoms with Crippen LogP contribution in [0.15, 0.2) is 12.3 Å². The molecule has 18 heavy (non-hydrogen) atoms. The Labute approximate surface area is 110 Å². The highest BCUT2D eigenvalue weighted by Gasteiger charge is 2.34. The van der Waals surface area contributed by atoms with Gasteiger partial charge in [-0.2, -0.15) is 5.10 Å². The summed E-state index contributed by atoms with van der Waals surface area (Å²) in [5.41, 5.74) is 6.82. The summed E-state index contributed by atoms with van der Waals surface area (Å²) in [4.78, 5) is 0. The zero-order chi connectivity index (χ0) is 13.0. The Morgan fingerprint density at radius 1 is 1.50 bits per heavy atom. The van der Waals surface area contributed by atoms with Crippen LogP contribution < -0.4 is 5.73 Å². The number of ether oxygens (including phenoxy) is 1. The van der Waals surface area contributed by atoms with Gasteiger partial charge in [0.2, 0.25) is 0 Å². The summed E-state index contributed by atoms with van der Waals surface area (Å²) in [6.45, 7) is 3.47. The van der Waals surface area contributed by atoms with Crippen LogP contribution in [-0.2, 0) is 18.4 Å². The van der Waals surface area contributed by atoms with E-state index in [9.17, 15) is 0 Å². The molecule has 0 aromatic carbocycles. The van der Waals surface area contributed by atoms with Gasteiger partial charge in [-0.3, -0.25) is 4.68 Å². The van der Waals surface area contributed by atoms with Crippen molar-refractivity contribution in [2.75, 3.05) is 6.54 Å². The van der Waals surface area contributed by atoms with E-state index >= 15 is 0 Å². The molecule has 2 N–H and O–H groups in total. The molecule has 1 aromatic rings. The molecule has 0 unspecified atom stereocenters. The molecule has 1 heterocycles. The average molecular weight is 251 g/mol.